The fraction of sp³-hybridized carbons (Fsp3) is 0.357. The Balaban J connectivity index is 1.80. The van der Waals surface area contributed by atoms with Crippen molar-refractivity contribution in [3.8, 4) is 0 Å². The summed E-state index contributed by atoms with van der Waals surface area (Å²) < 4.78 is 17.4. The normalized spacial score (nSPS) is 17.6. The summed E-state index contributed by atoms with van der Waals surface area (Å²) in [5, 5.41) is 2.46. The SMILES string of the molecule is O=C(CC(=O)NC1CCOC1=O)Cc1ccc(F)cc1. The van der Waals surface area contributed by atoms with Crippen LogP contribution < -0.4 is 5.32 Å². The third-order valence-corrected chi connectivity index (χ3v) is 2.94. The molecule has 0 radical (unpaired) electrons. The van der Waals surface area contributed by atoms with Crippen LogP contribution in [0.3, 0.4) is 0 Å². The molecule has 106 valence electrons. The predicted octanol–water partition coefficient (Wildman–Crippen LogP) is 0.759. The molecule has 1 aromatic rings. The fourth-order valence-electron chi connectivity index (χ4n) is 1.94. The van der Waals surface area contributed by atoms with Gasteiger partial charge in [0.05, 0.1) is 13.0 Å². The van der Waals surface area contributed by atoms with Gasteiger partial charge in [0.15, 0.2) is 0 Å². The minimum Gasteiger partial charge on any atom is -0.464 e. The number of amides is 1. The Bertz CT molecular complexity index is 526. The van der Waals surface area contributed by atoms with E-state index in [0.717, 1.165) is 0 Å². The maximum Gasteiger partial charge on any atom is 0.328 e. The summed E-state index contributed by atoms with van der Waals surface area (Å²) in [6.07, 6.45) is 0.181. The lowest BCUT2D eigenvalue weighted by molar-refractivity contribution is -0.141. The molecule has 0 aliphatic carbocycles. The minimum absolute atomic E-state index is 0.0583. The van der Waals surface area contributed by atoms with Crippen LogP contribution in [0.15, 0.2) is 24.3 Å². The Morgan fingerprint density at radius 2 is 2.00 bits per heavy atom. The number of ketones is 1. The second kappa shape index (κ2) is 6.27. The average Bonchev–Trinajstić information content (AvgIpc) is 2.77. The zero-order chi connectivity index (χ0) is 14.5. The van der Waals surface area contributed by atoms with Crippen molar-refractivity contribution in [2.45, 2.75) is 25.3 Å². The first-order valence-corrected chi connectivity index (χ1v) is 6.27. The highest BCUT2D eigenvalue weighted by molar-refractivity contribution is 6.00. The zero-order valence-electron chi connectivity index (χ0n) is 10.7. The van der Waals surface area contributed by atoms with Gasteiger partial charge >= 0.3 is 5.97 Å². The molecule has 6 heteroatoms. The number of Topliss-reactive ketones (excluding diaryl/α,β-unsaturated/α-hetero) is 1. The van der Waals surface area contributed by atoms with E-state index in [-0.39, 0.29) is 31.0 Å². The van der Waals surface area contributed by atoms with E-state index in [1.165, 1.54) is 24.3 Å². The molecule has 1 amide bonds. The molecule has 1 saturated heterocycles. The number of ether oxygens (including phenoxy) is 1. The van der Waals surface area contributed by atoms with Crippen LogP contribution in [0.25, 0.3) is 0 Å². The first-order chi connectivity index (χ1) is 9.54. The maximum atomic E-state index is 12.7. The summed E-state index contributed by atoms with van der Waals surface area (Å²) >= 11 is 0. The topological polar surface area (TPSA) is 72.5 Å². The van der Waals surface area contributed by atoms with Crippen LogP contribution in [-0.4, -0.2) is 30.3 Å². The molecule has 1 atom stereocenters. The summed E-state index contributed by atoms with van der Waals surface area (Å²) in [4.78, 5) is 34.5. The number of nitrogens with one attached hydrogen (secondary N) is 1. The lowest BCUT2D eigenvalue weighted by atomic mass is 10.1. The third-order valence-electron chi connectivity index (χ3n) is 2.94. The van der Waals surface area contributed by atoms with Gasteiger partial charge in [-0.1, -0.05) is 12.1 Å². The smallest absolute Gasteiger partial charge is 0.328 e. The molecule has 1 aromatic carbocycles. The average molecular weight is 279 g/mol. The van der Waals surface area contributed by atoms with Crippen molar-refractivity contribution < 1.29 is 23.5 Å². The van der Waals surface area contributed by atoms with E-state index in [0.29, 0.717) is 12.0 Å². The van der Waals surface area contributed by atoms with Gasteiger partial charge in [0.25, 0.3) is 0 Å². The van der Waals surface area contributed by atoms with Crippen molar-refractivity contribution in [1.82, 2.24) is 5.32 Å². The van der Waals surface area contributed by atoms with Gasteiger partial charge in [-0.25, -0.2) is 9.18 Å². The molecule has 5 nitrogen and oxygen atoms in total. The molecule has 0 spiro atoms. The van der Waals surface area contributed by atoms with E-state index < -0.39 is 17.9 Å². The van der Waals surface area contributed by atoms with E-state index in [9.17, 15) is 18.8 Å². The molecule has 1 aliphatic rings. The summed E-state index contributed by atoms with van der Waals surface area (Å²) in [5.74, 6) is -1.63. The van der Waals surface area contributed by atoms with Crippen molar-refractivity contribution in [2.24, 2.45) is 0 Å². The van der Waals surface area contributed by atoms with Crippen LogP contribution in [0, 0.1) is 5.82 Å². The molecule has 2 rings (SSSR count). The highest BCUT2D eigenvalue weighted by Crippen LogP contribution is 2.07. The molecule has 0 saturated carbocycles. The Morgan fingerprint density at radius 1 is 1.30 bits per heavy atom. The Morgan fingerprint density at radius 3 is 2.60 bits per heavy atom. The highest BCUT2D eigenvalue weighted by Gasteiger charge is 2.28. The van der Waals surface area contributed by atoms with Gasteiger partial charge in [0, 0.05) is 12.8 Å². The zero-order valence-corrected chi connectivity index (χ0v) is 10.7. The number of carbonyl (C=O) groups excluding carboxylic acids is 3. The number of benzene rings is 1. The second-order valence-corrected chi connectivity index (χ2v) is 4.59. The van der Waals surface area contributed by atoms with Crippen molar-refractivity contribution in [2.75, 3.05) is 6.61 Å². The maximum absolute atomic E-state index is 12.7. The summed E-state index contributed by atoms with van der Waals surface area (Å²) in [7, 11) is 0. The van der Waals surface area contributed by atoms with Crippen LogP contribution in [0.2, 0.25) is 0 Å². The highest BCUT2D eigenvalue weighted by atomic mass is 19.1. The van der Waals surface area contributed by atoms with E-state index >= 15 is 0 Å². The van der Waals surface area contributed by atoms with E-state index in [1.54, 1.807) is 0 Å². The molecule has 0 bridgehead atoms. The molecular formula is C14H14FNO4. The quantitative estimate of drug-likeness (QED) is 0.638. The Labute approximate surface area is 115 Å². The molecular weight excluding hydrogens is 265 g/mol. The first kappa shape index (κ1) is 14.2. The minimum atomic E-state index is -0.652. The van der Waals surface area contributed by atoms with Crippen LogP contribution in [0.5, 0.6) is 0 Å². The van der Waals surface area contributed by atoms with Gasteiger partial charge in [-0.15, -0.1) is 0 Å². The first-order valence-electron chi connectivity index (χ1n) is 6.27. The van der Waals surface area contributed by atoms with E-state index in [2.05, 4.69) is 5.32 Å². The van der Waals surface area contributed by atoms with Crippen LogP contribution >= 0.6 is 0 Å². The molecule has 1 heterocycles. The van der Waals surface area contributed by atoms with Crippen molar-refractivity contribution in [3.05, 3.63) is 35.6 Å². The van der Waals surface area contributed by atoms with Crippen LogP contribution in [-0.2, 0) is 25.5 Å². The van der Waals surface area contributed by atoms with E-state index in [1.807, 2.05) is 0 Å². The summed E-state index contributed by atoms with van der Waals surface area (Å²) in [5.41, 5.74) is 0.643. The van der Waals surface area contributed by atoms with Crippen molar-refractivity contribution >= 4 is 17.7 Å². The number of hydrogen-bond donors (Lipinski definition) is 1. The van der Waals surface area contributed by atoms with Gasteiger partial charge < -0.3 is 10.1 Å². The molecule has 20 heavy (non-hydrogen) atoms. The van der Waals surface area contributed by atoms with Gasteiger partial charge in [-0.05, 0) is 17.7 Å². The van der Waals surface area contributed by atoms with Crippen LogP contribution in [0.1, 0.15) is 18.4 Å². The Hall–Kier alpha value is -2.24. The summed E-state index contributed by atoms with van der Waals surface area (Å²) in [6.45, 7) is 0.285. The van der Waals surface area contributed by atoms with Gasteiger partial charge in [-0.2, -0.15) is 0 Å². The number of halogens is 1. The molecule has 1 unspecified atom stereocenters. The molecule has 1 fully saturated rings. The third kappa shape index (κ3) is 3.88. The van der Waals surface area contributed by atoms with E-state index in [4.69, 9.17) is 4.74 Å². The largest absolute Gasteiger partial charge is 0.464 e. The number of hydrogen-bond acceptors (Lipinski definition) is 4. The fourth-order valence-corrected chi connectivity index (χ4v) is 1.94. The van der Waals surface area contributed by atoms with Gasteiger partial charge in [0.1, 0.15) is 17.6 Å². The number of cyclic esters (lactones) is 1. The second-order valence-electron chi connectivity index (χ2n) is 4.59. The lowest BCUT2D eigenvalue weighted by Gasteiger charge is -2.08. The standard InChI is InChI=1S/C14H14FNO4/c15-10-3-1-9(2-4-10)7-11(17)8-13(18)16-12-5-6-20-14(12)19/h1-4,12H,5-8H2,(H,16,18). The molecule has 1 N–H and O–H groups in total. The van der Waals surface area contributed by atoms with Gasteiger partial charge in [-0.3, -0.25) is 9.59 Å². The molecule has 1 aliphatic heterocycles. The number of carbonyl (C=O) groups is 3. The summed E-state index contributed by atoms with van der Waals surface area (Å²) in [6, 6.07) is 4.87. The van der Waals surface area contributed by atoms with Gasteiger partial charge in [0.2, 0.25) is 5.91 Å². The van der Waals surface area contributed by atoms with Crippen molar-refractivity contribution in [3.63, 3.8) is 0 Å². The monoisotopic (exact) mass is 279 g/mol. The van der Waals surface area contributed by atoms with Crippen LogP contribution in [0.4, 0.5) is 4.39 Å². The number of esters is 1. The molecule has 0 aromatic heterocycles. The number of rotatable bonds is 5. The lowest BCUT2D eigenvalue weighted by Crippen LogP contribution is -2.38. The van der Waals surface area contributed by atoms with Crippen molar-refractivity contribution in [1.29, 1.82) is 0 Å². The predicted molar refractivity (Wildman–Crippen MR) is 67.2 cm³/mol. The Kier molecular flexibility index (Phi) is 4.45.